The summed E-state index contributed by atoms with van der Waals surface area (Å²) in [5.41, 5.74) is 1.80. The number of nitrogens with one attached hydrogen (secondary N) is 1. The minimum Gasteiger partial charge on any atom is -0.383 e. The normalized spacial score (nSPS) is 20.3. The highest BCUT2D eigenvalue weighted by Crippen LogP contribution is 2.40. The maximum Gasteiger partial charge on any atom is 0.238 e. The summed E-state index contributed by atoms with van der Waals surface area (Å²) in [6.07, 6.45) is 5.48. The van der Waals surface area contributed by atoms with Gasteiger partial charge in [-0.1, -0.05) is 0 Å². The number of ether oxygens (including phenoxy) is 1. The summed E-state index contributed by atoms with van der Waals surface area (Å²) in [4.78, 5) is 28.7. The number of likely N-dealkylation sites (tertiary alicyclic amines) is 2. The summed E-state index contributed by atoms with van der Waals surface area (Å²) >= 11 is 0. The van der Waals surface area contributed by atoms with E-state index in [0.29, 0.717) is 26.1 Å². The first-order valence-corrected chi connectivity index (χ1v) is 9.70. The molecule has 0 aliphatic carbocycles. The van der Waals surface area contributed by atoms with Crippen molar-refractivity contribution in [2.75, 3.05) is 51.8 Å². The van der Waals surface area contributed by atoms with Gasteiger partial charge in [0.1, 0.15) is 0 Å². The molecule has 1 N–H and O–H groups in total. The van der Waals surface area contributed by atoms with Gasteiger partial charge in [-0.25, -0.2) is 0 Å². The summed E-state index contributed by atoms with van der Waals surface area (Å²) in [6.45, 7) is 6.16. The van der Waals surface area contributed by atoms with Crippen LogP contribution in [-0.4, -0.2) is 77.8 Å². The number of carbonyl (C=O) groups excluding carboxylic acids is 2. The molecule has 1 aromatic heterocycles. The molecular weight excluding hydrogens is 346 g/mol. The van der Waals surface area contributed by atoms with E-state index in [1.54, 1.807) is 11.8 Å². The van der Waals surface area contributed by atoms with Crippen molar-refractivity contribution in [1.82, 2.24) is 19.6 Å². The minimum absolute atomic E-state index is 0.00240. The lowest BCUT2D eigenvalue weighted by molar-refractivity contribution is -0.139. The van der Waals surface area contributed by atoms with Crippen molar-refractivity contribution in [3.8, 4) is 0 Å². The van der Waals surface area contributed by atoms with Crippen LogP contribution >= 0.6 is 0 Å². The molecule has 2 fully saturated rings. The number of nitrogens with zero attached hydrogens (tertiary/aromatic N) is 4. The molecular formula is C19H31N5O3. The first-order chi connectivity index (χ1) is 12.9. The average molecular weight is 377 g/mol. The molecule has 150 valence electrons. The third-order valence-corrected chi connectivity index (χ3v) is 5.88. The smallest absolute Gasteiger partial charge is 0.238 e. The van der Waals surface area contributed by atoms with Crippen molar-refractivity contribution >= 4 is 17.5 Å². The van der Waals surface area contributed by atoms with Gasteiger partial charge in [-0.3, -0.25) is 19.2 Å². The predicted octanol–water partition coefficient (Wildman–Crippen LogP) is 1.02. The molecule has 1 aromatic rings. The van der Waals surface area contributed by atoms with Crippen molar-refractivity contribution in [2.45, 2.75) is 32.6 Å². The Labute approximate surface area is 160 Å². The van der Waals surface area contributed by atoms with Gasteiger partial charge in [0.2, 0.25) is 11.8 Å². The van der Waals surface area contributed by atoms with E-state index in [1.807, 2.05) is 25.1 Å². The average Bonchev–Trinajstić information content (AvgIpc) is 2.95. The molecule has 0 atom stereocenters. The highest BCUT2D eigenvalue weighted by atomic mass is 16.5. The fourth-order valence-corrected chi connectivity index (χ4v) is 4.22. The van der Waals surface area contributed by atoms with Gasteiger partial charge in [0.05, 0.1) is 24.5 Å². The summed E-state index contributed by atoms with van der Waals surface area (Å²) < 4.78 is 6.84. The predicted molar refractivity (Wildman–Crippen MR) is 102 cm³/mol. The number of piperidine rings is 2. The molecule has 0 radical (unpaired) electrons. The molecule has 2 aliphatic heterocycles. The summed E-state index contributed by atoms with van der Waals surface area (Å²) in [5.74, 6) is 0.244. The summed E-state index contributed by atoms with van der Waals surface area (Å²) in [6, 6.07) is 0. The van der Waals surface area contributed by atoms with E-state index >= 15 is 0 Å². The molecule has 8 heteroatoms. The van der Waals surface area contributed by atoms with Crippen LogP contribution in [0.25, 0.3) is 0 Å². The van der Waals surface area contributed by atoms with Crippen LogP contribution in [0.2, 0.25) is 0 Å². The van der Waals surface area contributed by atoms with Crippen LogP contribution in [0.15, 0.2) is 6.20 Å². The maximum atomic E-state index is 12.4. The zero-order chi connectivity index (χ0) is 19.4. The molecule has 2 amide bonds. The van der Waals surface area contributed by atoms with Crippen LogP contribution in [0.5, 0.6) is 0 Å². The Kier molecular flexibility index (Phi) is 6.16. The van der Waals surface area contributed by atoms with Gasteiger partial charge >= 0.3 is 0 Å². The standard InChI is InChI=1S/C19H31N5O3/c1-15-16(12-22(2)21-15)20-17(25)13-23-8-6-19(7-9-23)5-4-18(26)24(14-19)10-11-27-3/h12H,4-11,13-14H2,1-3H3,(H,20,25). The lowest BCUT2D eigenvalue weighted by Gasteiger charge is -2.47. The highest BCUT2D eigenvalue weighted by Gasteiger charge is 2.40. The van der Waals surface area contributed by atoms with E-state index in [-0.39, 0.29) is 17.2 Å². The highest BCUT2D eigenvalue weighted by molar-refractivity contribution is 5.92. The van der Waals surface area contributed by atoms with E-state index in [2.05, 4.69) is 15.3 Å². The second-order valence-corrected chi connectivity index (χ2v) is 7.93. The van der Waals surface area contributed by atoms with Gasteiger partial charge in [0, 0.05) is 39.9 Å². The Morgan fingerprint density at radius 3 is 2.70 bits per heavy atom. The first-order valence-electron chi connectivity index (χ1n) is 9.70. The van der Waals surface area contributed by atoms with Crippen LogP contribution < -0.4 is 5.32 Å². The van der Waals surface area contributed by atoms with Crippen LogP contribution in [-0.2, 0) is 21.4 Å². The molecule has 2 aliphatic rings. The van der Waals surface area contributed by atoms with Crippen LogP contribution in [0.1, 0.15) is 31.4 Å². The third-order valence-electron chi connectivity index (χ3n) is 5.88. The molecule has 0 unspecified atom stereocenters. The van der Waals surface area contributed by atoms with Crippen LogP contribution in [0.4, 0.5) is 5.69 Å². The summed E-state index contributed by atoms with van der Waals surface area (Å²) in [7, 11) is 3.51. The lowest BCUT2D eigenvalue weighted by Crippen LogP contribution is -2.52. The second-order valence-electron chi connectivity index (χ2n) is 7.93. The van der Waals surface area contributed by atoms with Crippen molar-refractivity contribution in [1.29, 1.82) is 0 Å². The van der Waals surface area contributed by atoms with Gasteiger partial charge in [-0.2, -0.15) is 5.10 Å². The molecule has 3 heterocycles. The molecule has 2 saturated heterocycles. The number of aryl methyl sites for hydroxylation is 2. The van der Waals surface area contributed by atoms with Gasteiger partial charge in [-0.15, -0.1) is 0 Å². The number of rotatable bonds is 6. The number of methoxy groups -OCH3 is 1. The molecule has 3 rings (SSSR count). The van der Waals surface area contributed by atoms with Crippen molar-refractivity contribution in [3.05, 3.63) is 11.9 Å². The van der Waals surface area contributed by atoms with Crippen molar-refractivity contribution in [2.24, 2.45) is 12.5 Å². The lowest BCUT2D eigenvalue weighted by atomic mass is 9.72. The maximum absolute atomic E-state index is 12.4. The van der Waals surface area contributed by atoms with Crippen LogP contribution in [0, 0.1) is 12.3 Å². The number of hydrogen-bond acceptors (Lipinski definition) is 5. The Hall–Kier alpha value is -1.93. The zero-order valence-corrected chi connectivity index (χ0v) is 16.7. The van der Waals surface area contributed by atoms with Crippen molar-refractivity contribution in [3.63, 3.8) is 0 Å². The second kappa shape index (κ2) is 8.39. The van der Waals surface area contributed by atoms with Crippen molar-refractivity contribution < 1.29 is 14.3 Å². The van der Waals surface area contributed by atoms with E-state index in [9.17, 15) is 9.59 Å². The number of hydrogen-bond donors (Lipinski definition) is 1. The Morgan fingerprint density at radius 1 is 1.33 bits per heavy atom. The number of carbonyl (C=O) groups is 2. The molecule has 0 aromatic carbocycles. The fourth-order valence-electron chi connectivity index (χ4n) is 4.22. The molecule has 8 nitrogen and oxygen atoms in total. The van der Waals surface area contributed by atoms with E-state index in [0.717, 1.165) is 50.3 Å². The van der Waals surface area contributed by atoms with Gasteiger partial charge in [0.25, 0.3) is 0 Å². The Bertz CT molecular complexity index is 679. The van der Waals surface area contributed by atoms with Gasteiger partial charge in [0.15, 0.2) is 0 Å². The fraction of sp³-hybridized carbons (Fsp3) is 0.737. The third kappa shape index (κ3) is 4.87. The molecule has 0 saturated carbocycles. The topological polar surface area (TPSA) is 79.7 Å². The quantitative estimate of drug-likeness (QED) is 0.801. The molecule has 0 bridgehead atoms. The monoisotopic (exact) mass is 377 g/mol. The van der Waals surface area contributed by atoms with Gasteiger partial charge < -0.3 is 15.0 Å². The largest absolute Gasteiger partial charge is 0.383 e. The van der Waals surface area contributed by atoms with E-state index in [4.69, 9.17) is 4.74 Å². The molecule has 1 spiro atoms. The SMILES string of the molecule is COCCN1CC2(CCC1=O)CCN(CC(=O)Nc1cn(C)nc1C)CC2. The summed E-state index contributed by atoms with van der Waals surface area (Å²) in [5, 5.41) is 7.20. The first kappa shape index (κ1) is 19.8. The Balaban J connectivity index is 1.49. The van der Waals surface area contributed by atoms with E-state index in [1.165, 1.54) is 0 Å². The van der Waals surface area contributed by atoms with Crippen LogP contribution in [0.3, 0.4) is 0 Å². The number of anilines is 1. The van der Waals surface area contributed by atoms with E-state index < -0.39 is 0 Å². The Morgan fingerprint density at radius 2 is 2.07 bits per heavy atom. The number of aromatic nitrogens is 2. The zero-order valence-electron chi connectivity index (χ0n) is 16.7. The minimum atomic E-state index is 0.00240. The number of amides is 2. The van der Waals surface area contributed by atoms with Gasteiger partial charge in [-0.05, 0) is 44.7 Å². The molecule has 27 heavy (non-hydrogen) atoms.